The highest BCUT2D eigenvalue weighted by Gasteiger charge is 2.50. The molecule has 1 rings (SSSR count). The van der Waals surface area contributed by atoms with Crippen LogP contribution in [0.5, 0.6) is 0 Å². The van der Waals surface area contributed by atoms with Crippen molar-refractivity contribution in [3.63, 3.8) is 0 Å². The lowest BCUT2D eigenvalue weighted by Crippen LogP contribution is -2.61. The smallest absolute Gasteiger partial charge is 0.335 e. The van der Waals surface area contributed by atoms with Gasteiger partial charge in [-0.1, -0.05) is 235 Å². The van der Waals surface area contributed by atoms with Crippen LogP contribution < -0.4 is 0 Å². The molecule has 1 fully saturated rings. The molecular weight excluding hydrogens is 949 g/mol. The maximum absolute atomic E-state index is 13.1. The van der Waals surface area contributed by atoms with Crippen LogP contribution in [-0.2, 0) is 42.9 Å². The molecule has 430 valence electrons. The Labute approximate surface area is 455 Å². The number of ether oxygens (including phenoxy) is 5. The van der Waals surface area contributed by atoms with Crippen LogP contribution in [0.1, 0.15) is 252 Å². The molecule has 1 saturated heterocycles. The number of carboxylic acid groups (broad SMARTS) is 1. The van der Waals surface area contributed by atoms with Crippen molar-refractivity contribution >= 4 is 23.9 Å². The van der Waals surface area contributed by atoms with Crippen LogP contribution in [0.4, 0.5) is 0 Å². The molecule has 1 aliphatic rings. The van der Waals surface area contributed by atoms with Gasteiger partial charge in [0.1, 0.15) is 18.8 Å². The minimum Gasteiger partial charge on any atom is -0.479 e. The van der Waals surface area contributed by atoms with Crippen LogP contribution >= 0.6 is 0 Å². The van der Waals surface area contributed by atoms with E-state index in [2.05, 4.69) is 75.5 Å². The van der Waals surface area contributed by atoms with Crippen molar-refractivity contribution in [2.45, 2.75) is 289 Å². The van der Waals surface area contributed by atoms with Gasteiger partial charge in [0.15, 0.2) is 24.6 Å². The van der Waals surface area contributed by atoms with Crippen LogP contribution in [0.15, 0.2) is 72.9 Å². The Hall–Kier alpha value is -3.84. The molecule has 75 heavy (non-hydrogen) atoms. The number of esters is 3. The van der Waals surface area contributed by atoms with E-state index >= 15 is 0 Å². The van der Waals surface area contributed by atoms with E-state index in [9.17, 15) is 34.5 Å². The van der Waals surface area contributed by atoms with E-state index in [0.717, 1.165) is 83.5 Å². The zero-order valence-electron chi connectivity index (χ0n) is 47.3. The summed E-state index contributed by atoms with van der Waals surface area (Å²) >= 11 is 0. The van der Waals surface area contributed by atoms with Gasteiger partial charge in [-0.15, -0.1) is 0 Å². The fraction of sp³-hybridized carbons (Fsp3) is 0.746. The van der Waals surface area contributed by atoms with E-state index in [4.69, 9.17) is 23.7 Å². The first-order chi connectivity index (χ1) is 36.6. The average Bonchev–Trinajstić information content (AvgIpc) is 3.39. The van der Waals surface area contributed by atoms with Crippen LogP contribution in [0.2, 0.25) is 0 Å². The molecule has 6 atom stereocenters. The Morgan fingerprint density at radius 3 is 1.33 bits per heavy atom. The van der Waals surface area contributed by atoms with Gasteiger partial charge in [-0.3, -0.25) is 14.4 Å². The number of hydrogen-bond donors (Lipinski definition) is 3. The van der Waals surface area contributed by atoms with Gasteiger partial charge in [0.05, 0.1) is 13.0 Å². The first kappa shape index (κ1) is 69.2. The Balaban J connectivity index is 2.73. The molecule has 0 aromatic rings. The monoisotopic (exact) mass is 1050 g/mol. The van der Waals surface area contributed by atoms with Gasteiger partial charge in [-0.2, -0.15) is 0 Å². The number of aliphatic hydroxyl groups excluding tert-OH is 2. The number of carbonyl (C=O) groups excluding carboxylic acids is 3. The Bertz CT molecular complexity index is 1580. The second-order valence-corrected chi connectivity index (χ2v) is 20.3. The summed E-state index contributed by atoms with van der Waals surface area (Å²) in [5.74, 6) is -3.28. The summed E-state index contributed by atoms with van der Waals surface area (Å²) in [5.41, 5.74) is 0. The highest BCUT2D eigenvalue weighted by Crippen LogP contribution is 2.26. The Morgan fingerprint density at radius 1 is 0.467 bits per heavy atom. The zero-order chi connectivity index (χ0) is 54.7. The molecule has 0 saturated carbocycles. The quantitative estimate of drug-likeness (QED) is 0.0228. The van der Waals surface area contributed by atoms with Crippen LogP contribution in [-0.4, -0.2) is 89.2 Å². The molecule has 1 heterocycles. The zero-order valence-corrected chi connectivity index (χ0v) is 47.3. The lowest BCUT2D eigenvalue weighted by atomic mass is 9.98. The third-order valence-electron chi connectivity index (χ3n) is 13.3. The minimum atomic E-state index is -1.91. The fourth-order valence-corrected chi connectivity index (χ4v) is 8.73. The topological polar surface area (TPSA) is 175 Å². The van der Waals surface area contributed by atoms with Crippen molar-refractivity contribution in [3.8, 4) is 0 Å². The lowest BCUT2D eigenvalue weighted by Gasteiger charge is -2.40. The lowest BCUT2D eigenvalue weighted by molar-refractivity contribution is -0.301. The first-order valence-corrected chi connectivity index (χ1v) is 29.9. The second kappa shape index (κ2) is 50.9. The molecule has 1 aliphatic heterocycles. The molecule has 0 bridgehead atoms. The van der Waals surface area contributed by atoms with Crippen molar-refractivity contribution in [2.75, 3.05) is 13.2 Å². The van der Waals surface area contributed by atoms with E-state index in [-0.39, 0.29) is 25.9 Å². The van der Waals surface area contributed by atoms with E-state index in [1.165, 1.54) is 109 Å². The van der Waals surface area contributed by atoms with Crippen LogP contribution in [0.3, 0.4) is 0 Å². The molecule has 0 aromatic carbocycles. The standard InChI is InChI=1S/C63H106O12/c1-4-7-10-13-16-19-22-25-27-28-30-33-36-39-42-45-48-51-57(66)74-61-59(68)58(67)60(62(69)70)75-63(61)72-53-54(73-56(65)50-47-44-41-38-35-31-24-21-18-15-12-9-6-3)52-71-55(64)49-46-43-40-37-34-32-29-26-23-20-17-14-11-8-5-2/h8,11,17,20,25-27,29,34,37,43,46,54,58-61,63,67-68H,4-7,9-10,12-16,18-19,21-24,28,30-33,35-36,38-42,44-45,47-53H2,1-3H3,(H,69,70)/b11-8-,20-17-,27-25-,29-26-,37-34-,46-43-. The molecule has 0 radical (unpaired) electrons. The van der Waals surface area contributed by atoms with Gasteiger partial charge in [0.25, 0.3) is 0 Å². The van der Waals surface area contributed by atoms with E-state index in [1.807, 2.05) is 12.2 Å². The predicted octanol–water partition coefficient (Wildman–Crippen LogP) is 15.3. The second-order valence-electron chi connectivity index (χ2n) is 20.3. The maximum atomic E-state index is 13.1. The maximum Gasteiger partial charge on any atom is 0.335 e. The van der Waals surface area contributed by atoms with Crippen LogP contribution in [0.25, 0.3) is 0 Å². The highest BCUT2D eigenvalue weighted by molar-refractivity contribution is 5.74. The molecule has 0 amide bonds. The molecule has 12 nitrogen and oxygen atoms in total. The molecule has 6 unspecified atom stereocenters. The van der Waals surface area contributed by atoms with Crippen molar-refractivity contribution in [3.05, 3.63) is 72.9 Å². The normalized spacial score (nSPS) is 18.7. The summed E-state index contributed by atoms with van der Waals surface area (Å²) in [6.07, 6.45) is 51.8. The number of carboxylic acids is 1. The van der Waals surface area contributed by atoms with Gasteiger partial charge in [0, 0.05) is 12.8 Å². The van der Waals surface area contributed by atoms with E-state index < -0.39 is 67.3 Å². The SMILES string of the molecule is CC/C=C\C/C=C\C/C=C\C/C=C\C/C=C\CC(=O)OCC(COC1OC(C(=O)O)C(O)C(O)C1OC(=O)CCCCCCCCC/C=C\CCCCCCCC)OC(=O)CCCCCCCCCCCCCCC. The number of allylic oxidation sites excluding steroid dienone is 11. The number of carbonyl (C=O) groups is 4. The van der Waals surface area contributed by atoms with Gasteiger partial charge < -0.3 is 39.0 Å². The molecule has 0 aromatic heterocycles. The average molecular weight is 1060 g/mol. The van der Waals surface area contributed by atoms with Crippen LogP contribution in [0, 0.1) is 0 Å². The number of aliphatic hydroxyl groups is 2. The largest absolute Gasteiger partial charge is 0.479 e. The van der Waals surface area contributed by atoms with Crippen molar-refractivity contribution in [1.82, 2.24) is 0 Å². The summed E-state index contributed by atoms with van der Waals surface area (Å²) < 4.78 is 28.3. The fourth-order valence-electron chi connectivity index (χ4n) is 8.73. The van der Waals surface area contributed by atoms with Gasteiger partial charge >= 0.3 is 23.9 Å². The van der Waals surface area contributed by atoms with E-state index in [1.54, 1.807) is 6.08 Å². The predicted molar refractivity (Wildman–Crippen MR) is 303 cm³/mol. The molecular formula is C63H106O12. The summed E-state index contributed by atoms with van der Waals surface area (Å²) in [6, 6.07) is 0. The number of aliphatic carboxylic acids is 1. The summed E-state index contributed by atoms with van der Waals surface area (Å²) in [4.78, 5) is 51.0. The highest BCUT2D eigenvalue weighted by atomic mass is 16.7. The number of rotatable bonds is 50. The summed E-state index contributed by atoms with van der Waals surface area (Å²) in [5, 5.41) is 31.5. The minimum absolute atomic E-state index is 0.0145. The molecule has 0 spiro atoms. The van der Waals surface area contributed by atoms with Gasteiger partial charge in [-0.05, 0) is 70.6 Å². The number of unbranched alkanes of at least 4 members (excludes halogenated alkanes) is 25. The number of hydrogen-bond acceptors (Lipinski definition) is 11. The van der Waals surface area contributed by atoms with E-state index in [0.29, 0.717) is 19.3 Å². The molecule has 0 aliphatic carbocycles. The molecule has 12 heteroatoms. The third kappa shape index (κ3) is 41.0. The van der Waals surface area contributed by atoms with Gasteiger partial charge in [-0.25, -0.2) is 4.79 Å². The Morgan fingerprint density at radius 2 is 0.880 bits per heavy atom. The van der Waals surface area contributed by atoms with Gasteiger partial charge in [0.2, 0.25) is 0 Å². The summed E-state index contributed by atoms with van der Waals surface area (Å²) in [6.45, 7) is 5.79. The van der Waals surface area contributed by atoms with Crippen molar-refractivity contribution in [2.24, 2.45) is 0 Å². The Kier molecular flexibility index (Phi) is 47.0. The third-order valence-corrected chi connectivity index (χ3v) is 13.3. The molecule has 3 N–H and O–H groups in total. The first-order valence-electron chi connectivity index (χ1n) is 29.9. The summed E-state index contributed by atoms with van der Waals surface area (Å²) in [7, 11) is 0. The van der Waals surface area contributed by atoms with Crippen molar-refractivity contribution in [1.29, 1.82) is 0 Å². The van der Waals surface area contributed by atoms with Crippen molar-refractivity contribution < 1.29 is 58.2 Å².